The van der Waals surface area contributed by atoms with Crippen molar-refractivity contribution in [1.82, 2.24) is 15.0 Å². The first-order valence-corrected chi connectivity index (χ1v) is 12.7. The Morgan fingerprint density at radius 3 is 1.27 bits per heavy atom. The number of rotatable bonds is 4. The molecule has 2 aliphatic heterocycles. The van der Waals surface area contributed by atoms with Crippen LogP contribution in [0.5, 0.6) is 0 Å². The number of halogens is 1. The largest absolute Gasteiger partial charge is 0.328 e. The van der Waals surface area contributed by atoms with Crippen molar-refractivity contribution in [3.8, 4) is 0 Å². The van der Waals surface area contributed by atoms with Crippen molar-refractivity contribution < 1.29 is 24.8 Å². The molecule has 212 valence electrons. The first-order valence-electron chi connectivity index (χ1n) is 12.3. The van der Waals surface area contributed by atoms with E-state index < -0.39 is 28.1 Å². The van der Waals surface area contributed by atoms with Crippen molar-refractivity contribution in [1.29, 1.82) is 0 Å². The number of nitrogens with two attached hydrogens (primary N) is 1. The number of carbonyl (C=O) groups is 3. The summed E-state index contributed by atoms with van der Waals surface area (Å²) in [7, 11) is 0. The van der Waals surface area contributed by atoms with Gasteiger partial charge in [0, 0.05) is 34.2 Å². The summed E-state index contributed by atoms with van der Waals surface area (Å²) in [4.78, 5) is 34.6. The third-order valence-electron chi connectivity index (χ3n) is 6.64. The Morgan fingerprint density at radius 2 is 1.03 bits per heavy atom. The van der Waals surface area contributed by atoms with E-state index in [9.17, 15) is 24.8 Å². The first kappa shape index (κ1) is 35.1. The Labute approximate surface area is 227 Å². The highest BCUT2D eigenvalue weighted by atomic mass is 35.5. The van der Waals surface area contributed by atoms with Gasteiger partial charge in [-0.05, 0) is 111 Å². The minimum absolute atomic E-state index is 0.193. The van der Waals surface area contributed by atoms with Crippen molar-refractivity contribution in [2.75, 3.05) is 0 Å². The van der Waals surface area contributed by atoms with Crippen LogP contribution in [0, 0.1) is 0 Å². The average molecular weight is 543 g/mol. The molecule has 2 amide bonds. The van der Waals surface area contributed by atoms with Crippen molar-refractivity contribution in [2.45, 2.75) is 115 Å². The molecule has 0 radical (unpaired) electrons. The quantitative estimate of drug-likeness (QED) is 0.352. The fourth-order valence-electron chi connectivity index (χ4n) is 5.41. The summed E-state index contributed by atoms with van der Waals surface area (Å²) in [5.74, 6) is -0.865. The summed E-state index contributed by atoms with van der Waals surface area (Å²) < 4.78 is 0. The van der Waals surface area contributed by atoms with E-state index in [2.05, 4.69) is 19.7 Å². The lowest BCUT2D eigenvalue weighted by molar-refractivity contribution is -0.250. The van der Waals surface area contributed by atoms with E-state index in [0.29, 0.717) is 12.8 Å². The van der Waals surface area contributed by atoms with Gasteiger partial charge in [0.25, 0.3) is 11.8 Å². The number of hydrogen-bond donors (Lipinski definition) is 3. The molecule has 0 aromatic rings. The topological polar surface area (TPSA) is 127 Å². The number of piperidine rings is 2. The molecule has 37 heavy (non-hydrogen) atoms. The van der Waals surface area contributed by atoms with Crippen LogP contribution in [0.1, 0.15) is 81.1 Å². The van der Waals surface area contributed by atoms with Crippen molar-refractivity contribution in [3.63, 3.8) is 0 Å². The van der Waals surface area contributed by atoms with Crippen molar-refractivity contribution >= 4 is 28.7 Å². The van der Waals surface area contributed by atoms with Crippen LogP contribution in [0.15, 0.2) is 38.0 Å². The fraction of sp³-hybridized carbons (Fsp3) is 0.667. The van der Waals surface area contributed by atoms with Gasteiger partial charge in [-0.25, -0.2) is 0 Å². The van der Waals surface area contributed by atoms with Gasteiger partial charge in [0.05, 0.1) is 0 Å². The molecular weight excluding hydrogens is 496 g/mol. The second kappa shape index (κ2) is 13.3. The monoisotopic (exact) mass is 542 g/mol. The SMILES string of the molecule is C=CC(=O)Cl.C=CC(=O)N(C(=O)C=C)C1CC(C)(C)N(O)C(C)(C)C1.CC1(C)CC(N)CC(C)(C)N1O. The van der Waals surface area contributed by atoms with Crippen molar-refractivity contribution in [2.24, 2.45) is 5.73 Å². The Morgan fingerprint density at radius 1 is 0.757 bits per heavy atom. The Balaban J connectivity index is 0.000000641. The van der Waals surface area contributed by atoms with Crippen LogP contribution >= 0.6 is 11.6 Å². The highest BCUT2D eigenvalue weighted by Gasteiger charge is 2.48. The van der Waals surface area contributed by atoms with Crippen LogP contribution in [0.3, 0.4) is 0 Å². The smallest absolute Gasteiger partial charge is 0.253 e. The third-order valence-corrected chi connectivity index (χ3v) is 6.79. The summed E-state index contributed by atoms with van der Waals surface area (Å²) in [5.41, 5.74) is 4.46. The lowest BCUT2D eigenvalue weighted by Crippen LogP contribution is -2.64. The van der Waals surface area contributed by atoms with Gasteiger partial charge in [-0.2, -0.15) is 10.1 Å². The number of nitrogens with zero attached hydrogens (tertiary/aromatic N) is 3. The van der Waals surface area contributed by atoms with Gasteiger partial charge in [-0.1, -0.05) is 19.7 Å². The lowest BCUT2D eigenvalue weighted by Gasteiger charge is -2.53. The highest BCUT2D eigenvalue weighted by Crippen LogP contribution is 2.39. The van der Waals surface area contributed by atoms with Gasteiger partial charge in [0.15, 0.2) is 0 Å². The van der Waals surface area contributed by atoms with Gasteiger partial charge < -0.3 is 16.1 Å². The molecule has 0 bridgehead atoms. The van der Waals surface area contributed by atoms with Gasteiger partial charge in [-0.3, -0.25) is 19.3 Å². The Kier molecular flexibility index (Phi) is 12.6. The molecule has 0 aromatic carbocycles. The molecular formula is C27H47ClN4O5. The first-order chi connectivity index (χ1) is 16.6. The molecule has 2 heterocycles. The fourth-order valence-corrected chi connectivity index (χ4v) is 5.41. The zero-order valence-corrected chi connectivity index (χ0v) is 24.5. The maximum atomic E-state index is 12.0. The molecule has 0 atom stereocenters. The molecule has 2 aliphatic rings. The van der Waals surface area contributed by atoms with E-state index in [-0.39, 0.29) is 23.2 Å². The second-order valence-corrected chi connectivity index (χ2v) is 12.4. The van der Waals surface area contributed by atoms with Gasteiger partial charge in [-0.15, -0.1) is 0 Å². The molecule has 10 heteroatoms. The molecule has 0 aliphatic carbocycles. The highest BCUT2D eigenvalue weighted by molar-refractivity contribution is 6.66. The van der Waals surface area contributed by atoms with Crippen LogP contribution < -0.4 is 5.73 Å². The summed E-state index contributed by atoms with van der Waals surface area (Å²) >= 11 is 4.71. The Hall–Kier alpha value is -1.88. The normalized spacial score (nSPS) is 22.7. The number of imide groups is 1. The molecule has 2 saturated heterocycles. The zero-order chi connectivity index (χ0) is 29.6. The maximum Gasteiger partial charge on any atom is 0.253 e. The number of hydroxylamine groups is 4. The lowest BCUT2D eigenvalue weighted by atomic mass is 9.78. The number of amides is 2. The molecule has 0 aromatic heterocycles. The van der Waals surface area contributed by atoms with Crippen LogP contribution in [0.2, 0.25) is 0 Å². The van der Waals surface area contributed by atoms with E-state index in [1.165, 1.54) is 15.0 Å². The Bertz CT molecular complexity index is 813. The van der Waals surface area contributed by atoms with E-state index in [1.54, 1.807) is 0 Å². The number of carbonyl (C=O) groups excluding carboxylic acids is 3. The van der Waals surface area contributed by atoms with E-state index >= 15 is 0 Å². The van der Waals surface area contributed by atoms with E-state index in [0.717, 1.165) is 31.1 Å². The molecule has 0 unspecified atom stereocenters. The van der Waals surface area contributed by atoms with Crippen molar-refractivity contribution in [3.05, 3.63) is 38.0 Å². The third kappa shape index (κ3) is 9.74. The number of allylic oxidation sites excluding steroid dienone is 1. The minimum Gasteiger partial charge on any atom is -0.328 e. The van der Waals surface area contributed by atoms with Crippen LogP contribution in [-0.2, 0) is 14.4 Å². The van der Waals surface area contributed by atoms with Gasteiger partial charge in [0.1, 0.15) is 0 Å². The molecule has 9 nitrogen and oxygen atoms in total. The molecule has 0 saturated carbocycles. The summed E-state index contributed by atoms with van der Waals surface area (Å²) in [6.07, 6.45) is 6.00. The van der Waals surface area contributed by atoms with E-state index in [1.807, 2.05) is 55.4 Å². The molecule has 2 rings (SSSR count). The zero-order valence-electron chi connectivity index (χ0n) is 23.8. The maximum absolute atomic E-state index is 12.0. The molecule has 2 fully saturated rings. The average Bonchev–Trinajstić information content (AvgIpc) is 2.75. The van der Waals surface area contributed by atoms with Gasteiger partial charge >= 0.3 is 0 Å². The molecule has 4 N–H and O–H groups in total. The number of hydrogen-bond acceptors (Lipinski definition) is 8. The summed E-state index contributed by atoms with van der Waals surface area (Å²) in [5, 5.41) is 22.4. The van der Waals surface area contributed by atoms with Crippen LogP contribution in [-0.4, -0.2) is 76.7 Å². The molecule has 0 spiro atoms. The summed E-state index contributed by atoms with van der Waals surface area (Å²) in [6, 6.07) is -0.0854. The second-order valence-electron chi connectivity index (χ2n) is 12.1. The predicted molar refractivity (Wildman–Crippen MR) is 147 cm³/mol. The predicted octanol–water partition coefficient (Wildman–Crippen LogP) is 4.42. The summed E-state index contributed by atoms with van der Waals surface area (Å²) in [6.45, 7) is 25.6. The van der Waals surface area contributed by atoms with E-state index in [4.69, 9.17) is 17.3 Å². The minimum atomic E-state index is -0.534. The van der Waals surface area contributed by atoms with Gasteiger partial charge in [0.2, 0.25) is 5.24 Å². The standard InChI is InChI=1S/C15H24N2O3.C9H20N2O.C3H3ClO/c1-7-12(18)16(13(19)8-2)11-9-14(3,4)17(20)15(5,6)10-11;1-8(2)5-7(10)6-9(3,4)11(8)12;1-2-3(4)5/h7-8,11,20H,1-2,9-10H2,3-6H3;7,12H,5-6,10H2,1-4H3;2H,1H2. The van der Waals surface area contributed by atoms with Crippen LogP contribution in [0.4, 0.5) is 0 Å². The van der Waals surface area contributed by atoms with Crippen LogP contribution in [0.25, 0.3) is 0 Å².